The zero-order valence-electron chi connectivity index (χ0n) is 15.7. The molecule has 4 aromatic carbocycles. The van der Waals surface area contributed by atoms with Gasteiger partial charge >= 0.3 is 0 Å². The van der Waals surface area contributed by atoms with Crippen molar-refractivity contribution in [1.82, 2.24) is 0 Å². The highest BCUT2D eigenvalue weighted by Gasteiger charge is 2.15. The Morgan fingerprint density at radius 2 is 0.923 bits per heavy atom. The van der Waals surface area contributed by atoms with Gasteiger partial charge in [0.15, 0.2) is 0 Å². The molecule has 0 aliphatic rings. The van der Waals surface area contributed by atoms with Crippen LogP contribution in [0.15, 0.2) is 91.0 Å². The third kappa shape index (κ3) is 3.36. The molecule has 1 heteroatoms. The quantitative estimate of drug-likeness (QED) is 0.359. The van der Waals surface area contributed by atoms with Gasteiger partial charge in [0.2, 0.25) is 0 Å². The van der Waals surface area contributed by atoms with Crippen LogP contribution in [-0.4, -0.2) is 8.07 Å². The van der Waals surface area contributed by atoms with Crippen molar-refractivity contribution < 1.29 is 0 Å². The number of fused-ring (bicyclic) bond motifs is 1. The van der Waals surface area contributed by atoms with Crippen LogP contribution in [0.2, 0.25) is 19.6 Å². The van der Waals surface area contributed by atoms with Gasteiger partial charge in [-0.1, -0.05) is 110 Å². The maximum atomic E-state index is 2.39. The highest BCUT2D eigenvalue weighted by atomic mass is 28.3. The predicted octanol–water partition coefficient (Wildman–Crippen LogP) is 6.72. The lowest BCUT2D eigenvalue weighted by Crippen LogP contribution is -2.37. The summed E-state index contributed by atoms with van der Waals surface area (Å²) in [5.74, 6) is 0. The Kier molecular flexibility index (Phi) is 4.26. The van der Waals surface area contributed by atoms with Crippen molar-refractivity contribution in [2.24, 2.45) is 0 Å². The smallest absolute Gasteiger partial charge is 0.0656 e. The second kappa shape index (κ2) is 6.58. The van der Waals surface area contributed by atoms with Crippen LogP contribution in [0.25, 0.3) is 33.0 Å². The summed E-state index contributed by atoms with van der Waals surface area (Å²) in [6.45, 7) is 7.17. The molecule has 0 aliphatic heterocycles. The fourth-order valence-electron chi connectivity index (χ4n) is 3.39. The average Bonchev–Trinajstić information content (AvgIpc) is 2.67. The van der Waals surface area contributed by atoms with Crippen molar-refractivity contribution in [2.45, 2.75) is 19.6 Å². The van der Waals surface area contributed by atoms with Crippen LogP contribution in [-0.2, 0) is 0 Å². The minimum atomic E-state index is -1.23. The molecule has 0 saturated carbocycles. The molecule has 0 aromatic heterocycles. The summed E-state index contributed by atoms with van der Waals surface area (Å²) in [6.07, 6.45) is 0. The van der Waals surface area contributed by atoms with Crippen molar-refractivity contribution in [3.63, 3.8) is 0 Å². The van der Waals surface area contributed by atoms with Crippen LogP contribution >= 0.6 is 0 Å². The molecular formula is C25H24Si. The molecule has 0 spiro atoms. The van der Waals surface area contributed by atoms with E-state index in [2.05, 4.69) is 111 Å². The van der Waals surface area contributed by atoms with E-state index in [1.807, 2.05) is 0 Å². The first kappa shape index (κ1) is 16.8. The van der Waals surface area contributed by atoms with Crippen molar-refractivity contribution in [3.8, 4) is 22.3 Å². The first-order chi connectivity index (χ1) is 12.5. The summed E-state index contributed by atoms with van der Waals surface area (Å²) in [5, 5.41) is 4.08. The van der Waals surface area contributed by atoms with E-state index in [0.29, 0.717) is 0 Å². The Morgan fingerprint density at radius 1 is 0.462 bits per heavy atom. The molecule has 26 heavy (non-hydrogen) atoms. The van der Waals surface area contributed by atoms with Gasteiger partial charge < -0.3 is 0 Å². The molecule has 128 valence electrons. The van der Waals surface area contributed by atoms with Crippen molar-refractivity contribution >= 4 is 24.0 Å². The molecule has 0 radical (unpaired) electrons. The summed E-state index contributed by atoms with van der Waals surface area (Å²) >= 11 is 0. The van der Waals surface area contributed by atoms with Gasteiger partial charge in [-0.05, 0) is 39.1 Å². The lowest BCUT2D eigenvalue weighted by atomic mass is 9.98. The zero-order chi connectivity index (χ0) is 18.1. The molecule has 0 atom stereocenters. The Balaban J connectivity index is 1.63. The first-order valence-electron chi connectivity index (χ1n) is 9.21. The molecule has 0 N–H and O–H groups in total. The predicted molar refractivity (Wildman–Crippen MR) is 118 cm³/mol. The topological polar surface area (TPSA) is 0 Å². The van der Waals surface area contributed by atoms with Gasteiger partial charge in [0.1, 0.15) is 0 Å². The van der Waals surface area contributed by atoms with Gasteiger partial charge in [0, 0.05) is 0 Å². The van der Waals surface area contributed by atoms with Crippen LogP contribution in [0.1, 0.15) is 0 Å². The molecule has 0 aliphatic carbocycles. The highest BCUT2D eigenvalue weighted by molar-refractivity contribution is 6.88. The largest absolute Gasteiger partial charge is 0.0775 e. The molecule has 0 nitrogen and oxygen atoms in total. The van der Waals surface area contributed by atoms with Gasteiger partial charge in [0.25, 0.3) is 0 Å². The van der Waals surface area contributed by atoms with Crippen LogP contribution in [0, 0.1) is 0 Å². The number of hydrogen-bond donors (Lipinski definition) is 0. The lowest BCUT2D eigenvalue weighted by Gasteiger charge is -2.16. The first-order valence-corrected chi connectivity index (χ1v) is 12.7. The fraction of sp³-hybridized carbons (Fsp3) is 0.120. The lowest BCUT2D eigenvalue weighted by molar-refractivity contribution is 1.60. The van der Waals surface area contributed by atoms with Crippen LogP contribution in [0.5, 0.6) is 0 Å². The second-order valence-corrected chi connectivity index (χ2v) is 13.0. The molecule has 0 fully saturated rings. The van der Waals surface area contributed by atoms with E-state index in [1.165, 1.54) is 38.2 Å². The molecule has 0 bridgehead atoms. The molecular weight excluding hydrogens is 328 g/mol. The minimum absolute atomic E-state index is 1.23. The Bertz CT molecular complexity index is 1040. The number of hydrogen-bond acceptors (Lipinski definition) is 0. The summed E-state index contributed by atoms with van der Waals surface area (Å²) in [4.78, 5) is 0. The molecule has 0 amide bonds. The fourth-order valence-corrected chi connectivity index (χ4v) is 4.55. The molecule has 4 aromatic rings. The normalized spacial score (nSPS) is 11.7. The average molecular weight is 353 g/mol. The van der Waals surface area contributed by atoms with Gasteiger partial charge in [-0.3, -0.25) is 0 Å². The van der Waals surface area contributed by atoms with E-state index in [9.17, 15) is 0 Å². The summed E-state index contributed by atoms with van der Waals surface area (Å²) < 4.78 is 0. The van der Waals surface area contributed by atoms with E-state index >= 15 is 0 Å². The maximum Gasteiger partial charge on any atom is 0.0775 e. The monoisotopic (exact) mass is 352 g/mol. The molecule has 0 unspecified atom stereocenters. The zero-order valence-corrected chi connectivity index (χ0v) is 16.7. The summed E-state index contributed by atoms with van der Waals surface area (Å²) in [5.41, 5.74) is 5.09. The minimum Gasteiger partial charge on any atom is -0.0656 e. The standard InChI is InChI=1S/C25H24Si/c1-26(2,3)25-16-14-21(15-17-25)20-8-10-22(11-9-20)24-13-12-19-6-4-5-7-23(19)18-24/h4-18H,1-3H3. The SMILES string of the molecule is C[Si](C)(C)c1ccc(-c2ccc(-c3ccc4ccccc4c3)cc2)cc1. The van der Waals surface area contributed by atoms with Crippen molar-refractivity contribution in [2.75, 3.05) is 0 Å². The van der Waals surface area contributed by atoms with Crippen molar-refractivity contribution in [1.29, 1.82) is 0 Å². The van der Waals surface area contributed by atoms with Gasteiger partial charge in [-0.2, -0.15) is 0 Å². The molecule has 0 heterocycles. The van der Waals surface area contributed by atoms with Crippen LogP contribution < -0.4 is 5.19 Å². The highest BCUT2D eigenvalue weighted by Crippen LogP contribution is 2.27. The third-order valence-corrected chi connectivity index (χ3v) is 7.12. The molecule has 4 rings (SSSR count). The summed E-state index contributed by atoms with van der Waals surface area (Å²) in [7, 11) is -1.23. The van der Waals surface area contributed by atoms with Crippen molar-refractivity contribution in [3.05, 3.63) is 91.0 Å². The van der Waals surface area contributed by atoms with E-state index in [4.69, 9.17) is 0 Å². The van der Waals surface area contributed by atoms with E-state index in [-0.39, 0.29) is 0 Å². The second-order valence-electron chi connectivity index (χ2n) is 7.97. The Morgan fingerprint density at radius 3 is 1.50 bits per heavy atom. The van der Waals surface area contributed by atoms with Gasteiger partial charge in [-0.25, -0.2) is 0 Å². The maximum absolute atomic E-state index is 2.39. The van der Waals surface area contributed by atoms with Gasteiger partial charge in [-0.15, -0.1) is 0 Å². The Hall–Kier alpha value is -2.64. The number of rotatable bonds is 3. The summed E-state index contributed by atoms with van der Waals surface area (Å²) in [6, 6.07) is 33.2. The van der Waals surface area contributed by atoms with E-state index in [0.717, 1.165) is 0 Å². The number of benzene rings is 4. The van der Waals surface area contributed by atoms with E-state index in [1.54, 1.807) is 0 Å². The van der Waals surface area contributed by atoms with E-state index < -0.39 is 8.07 Å². The Labute approximate surface area is 157 Å². The third-order valence-electron chi connectivity index (χ3n) is 5.05. The van der Waals surface area contributed by atoms with Crippen LogP contribution in [0.3, 0.4) is 0 Å². The van der Waals surface area contributed by atoms with Gasteiger partial charge in [0.05, 0.1) is 8.07 Å². The van der Waals surface area contributed by atoms with Crippen LogP contribution in [0.4, 0.5) is 0 Å². The molecule has 0 saturated heterocycles.